The number of benzene rings is 2. The number of hydrogen-bond acceptors (Lipinski definition) is 3. The lowest BCUT2D eigenvalue weighted by Crippen LogP contribution is -2.22. The van der Waals surface area contributed by atoms with Gasteiger partial charge < -0.3 is 5.32 Å². The van der Waals surface area contributed by atoms with E-state index in [0.29, 0.717) is 17.1 Å². The summed E-state index contributed by atoms with van der Waals surface area (Å²) in [6, 6.07) is 21.1. The summed E-state index contributed by atoms with van der Waals surface area (Å²) >= 11 is 7.69. The normalized spacial score (nSPS) is 10.6. The second kappa shape index (κ2) is 8.38. The highest BCUT2D eigenvalue weighted by Gasteiger charge is 2.07. The van der Waals surface area contributed by atoms with Gasteiger partial charge in [-0.2, -0.15) is 11.3 Å². The Bertz CT molecular complexity index is 1090. The van der Waals surface area contributed by atoms with Gasteiger partial charge in [-0.05, 0) is 64.5 Å². The summed E-state index contributed by atoms with van der Waals surface area (Å²) in [4.78, 5) is 16.9. The second-order valence-corrected chi connectivity index (χ2v) is 7.55. The Morgan fingerprint density at radius 1 is 0.964 bits per heavy atom. The number of rotatable bonds is 5. The number of amides is 1. The number of carbonyl (C=O) groups excluding carboxylic acids is 1. The van der Waals surface area contributed by atoms with E-state index >= 15 is 0 Å². The average molecular weight is 405 g/mol. The lowest BCUT2D eigenvalue weighted by atomic mass is 10.0. The molecule has 0 radical (unpaired) electrons. The fourth-order valence-electron chi connectivity index (χ4n) is 2.92. The van der Waals surface area contributed by atoms with Crippen LogP contribution in [-0.4, -0.2) is 10.9 Å². The first kappa shape index (κ1) is 18.4. The van der Waals surface area contributed by atoms with Gasteiger partial charge in [0.25, 0.3) is 5.91 Å². The highest BCUT2D eigenvalue weighted by Crippen LogP contribution is 2.23. The van der Waals surface area contributed by atoms with Gasteiger partial charge in [-0.15, -0.1) is 0 Å². The molecule has 2 heterocycles. The third-order valence-corrected chi connectivity index (χ3v) is 5.32. The molecule has 2 aromatic carbocycles. The molecule has 0 aliphatic rings. The number of nitrogens with zero attached hydrogens (tertiary/aromatic N) is 1. The maximum atomic E-state index is 12.5. The van der Waals surface area contributed by atoms with Gasteiger partial charge in [-0.25, -0.2) is 0 Å². The van der Waals surface area contributed by atoms with Gasteiger partial charge in [0.1, 0.15) is 0 Å². The maximum Gasteiger partial charge on any atom is 0.251 e. The molecule has 0 saturated heterocycles. The van der Waals surface area contributed by atoms with Gasteiger partial charge in [0, 0.05) is 34.3 Å². The van der Waals surface area contributed by atoms with Crippen LogP contribution in [0, 0.1) is 0 Å². The molecule has 3 nitrogen and oxygen atoms in total. The minimum atomic E-state index is -0.105. The molecule has 1 N–H and O–H groups in total. The molecule has 4 rings (SSSR count). The predicted octanol–water partition coefficient (Wildman–Crippen LogP) is 6.06. The van der Waals surface area contributed by atoms with Crippen LogP contribution in [0.1, 0.15) is 15.9 Å². The van der Waals surface area contributed by atoms with E-state index in [1.165, 1.54) is 0 Å². The molecule has 138 valence electrons. The lowest BCUT2D eigenvalue weighted by molar-refractivity contribution is 0.0951. The monoisotopic (exact) mass is 404 g/mol. The SMILES string of the molecule is O=C(NCc1ccnc(-c2ccsc2)c1)c1ccc(-c2cccc(Cl)c2)cc1. The molecule has 0 spiro atoms. The van der Waals surface area contributed by atoms with Gasteiger partial charge in [0.05, 0.1) is 5.69 Å². The molecule has 5 heteroatoms. The van der Waals surface area contributed by atoms with Crippen molar-refractivity contribution in [3.8, 4) is 22.4 Å². The standard InChI is InChI=1S/C23H17ClN2OS/c24-21-3-1-2-19(13-21)17-4-6-18(7-5-17)23(27)26-14-16-8-10-25-22(12-16)20-9-11-28-15-20/h1-13,15H,14H2,(H,26,27). The Kier molecular flexibility index (Phi) is 5.51. The van der Waals surface area contributed by atoms with E-state index in [2.05, 4.69) is 15.7 Å². The second-order valence-electron chi connectivity index (χ2n) is 6.33. The summed E-state index contributed by atoms with van der Waals surface area (Å²) in [6.07, 6.45) is 1.77. The van der Waals surface area contributed by atoms with E-state index in [1.54, 1.807) is 17.5 Å². The minimum absolute atomic E-state index is 0.105. The summed E-state index contributed by atoms with van der Waals surface area (Å²) in [7, 11) is 0. The molecule has 2 aromatic heterocycles. The number of aromatic nitrogens is 1. The lowest BCUT2D eigenvalue weighted by Gasteiger charge is -2.08. The smallest absolute Gasteiger partial charge is 0.251 e. The molecule has 4 aromatic rings. The van der Waals surface area contributed by atoms with Crippen molar-refractivity contribution < 1.29 is 4.79 Å². The summed E-state index contributed by atoms with van der Waals surface area (Å²) in [5.74, 6) is -0.105. The molecule has 0 bridgehead atoms. The van der Waals surface area contributed by atoms with E-state index in [4.69, 9.17) is 11.6 Å². The van der Waals surface area contributed by atoms with Crippen molar-refractivity contribution >= 4 is 28.8 Å². The fourth-order valence-corrected chi connectivity index (χ4v) is 3.76. The number of hydrogen-bond donors (Lipinski definition) is 1. The zero-order valence-electron chi connectivity index (χ0n) is 14.9. The van der Waals surface area contributed by atoms with Crippen LogP contribution in [0.2, 0.25) is 5.02 Å². The first-order chi connectivity index (χ1) is 13.7. The van der Waals surface area contributed by atoms with Crippen LogP contribution in [0.25, 0.3) is 22.4 Å². The van der Waals surface area contributed by atoms with E-state index in [0.717, 1.165) is 27.9 Å². The summed E-state index contributed by atoms with van der Waals surface area (Å²) in [5.41, 5.74) is 5.69. The van der Waals surface area contributed by atoms with Crippen LogP contribution in [0.15, 0.2) is 83.7 Å². The Morgan fingerprint density at radius 2 is 1.82 bits per heavy atom. The largest absolute Gasteiger partial charge is 0.348 e. The summed E-state index contributed by atoms with van der Waals surface area (Å²) in [5, 5.41) is 7.75. The number of halogens is 1. The minimum Gasteiger partial charge on any atom is -0.348 e. The Labute approximate surface area is 172 Å². The maximum absolute atomic E-state index is 12.5. The number of pyridine rings is 1. The first-order valence-electron chi connectivity index (χ1n) is 8.81. The van der Waals surface area contributed by atoms with E-state index in [-0.39, 0.29) is 5.91 Å². The van der Waals surface area contributed by atoms with Crippen molar-refractivity contribution in [3.63, 3.8) is 0 Å². The third kappa shape index (κ3) is 4.30. The molecule has 0 aliphatic carbocycles. The van der Waals surface area contributed by atoms with Crippen molar-refractivity contribution in [3.05, 3.63) is 99.8 Å². The molecule has 0 unspecified atom stereocenters. The van der Waals surface area contributed by atoms with Gasteiger partial charge >= 0.3 is 0 Å². The summed E-state index contributed by atoms with van der Waals surface area (Å²) < 4.78 is 0. The number of carbonyl (C=O) groups is 1. The van der Waals surface area contributed by atoms with Crippen LogP contribution < -0.4 is 5.32 Å². The van der Waals surface area contributed by atoms with Crippen molar-refractivity contribution in [2.24, 2.45) is 0 Å². The van der Waals surface area contributed by atoms with Crippen LogP contribution in [-0.2, 0) is 6.54 Å². The van der Waals surface area contributed by atoms with Gasteiger partial charge in [-0.3, -0.25) is 9.78 Å². The highest BCUT2D eigenvalue weighted by molar-refractivity contribution is 7.08. The quantitative estimate of drug-likeness (QED) is 0.439. The van der Waals surface area contributed by atoms with E-state index in [9.17, 15) is 4.79 Å². The topological polar surface area (TPSA) is 42.0 Å². The van der Waals surface area contributed by atoms with Crippen molar-refractivity contribution in [1.29, 1.82) is 0 Å². The number of thiophene rings is 1. The van der Waals surface area contributed by atoms with Crippen LogP contribution >= 0.6 is 22.9 Å². The first-order valence-corrected chi connectivity index (χ1v) is 10.1. The Hall–Kier alpha value is -2.95. The molecular formula is C23H17ClN2OS. The van der Waals surface area contributed by atoms with E-state index < -0.39 is 0 Å². The zero-order chi connectivity index (χ0) is 19.3. The molecule has 0 fully saturated rings. The van der Waals surface area contributed by atoms with Crippen molar-refractivity contribution in [1.82, 2.24) is 10.3 Å². The van der Waals surface area contributed by atoms with Gasteiger partial charge in [-0.1, -0.05) is 35.9 Å². The highest BCUT2D eigenvalue weighted by atomic mass is 35.5. The van der Waals surface area contributed by atoms with E-state index in [1.807, 2.05) is 72.1 Å². The summed E-state index contributed by atoms with van der Waals surface area (Å²) in [6.45, 7) is 0.453. The molecular weight excluding hydrogens is 388 g/mol. The Morgan fingerprint density at radius 3 is 2.57 bits per heavy atom. The molecule has 0 atom stereocenters. The molecule has 28 heavy (non-hydrogen) atoms. The van der Waals surface area contributed by atoms with Crippen molar-refractivity contribution in [2.45, 2.75) is 6.54 Å². The Balaban J connectivity index is 1.42. The van der Waals surface area contributed by atoms with Crippen molar-refractivity contribution in [2.75, 3.05) is 0 Å². The van der Waals surface area contributed by atoms with Crippen LogP contribution in [0.3, 0.4) is 0 Å². The van der Waals surface area contributed by atoms with Crippen LogP contribution in [0.5, 0.6) is 0 Å². The molecule has 0 aliphatic heterocycles. The van der Waals surface area contributed by atoms with Gasteiger partial charge in [0.15, 0.2) is 0 Å². The zero-order valence-corrected chi connectivity index (χ0v) is 16.5. The number of nitrogens with one attached hydrogen (secondary N) is 1. The predicted molar refractivity (Wildman–Crippen MR) is 116 cm³/mol. The van der Waals surface area contributed by atoms with Crippen LogP contribution in [0.4, 0.5) is 0 Å². The third-order valence-electron chi connectivity index (χ3n) is 4.40. The van der Waals surface area contributed by atoms with Gasteiger partial charge in [0.2, 0.25) is 0 Å². The molecule has 0 saturated carbocycles. The average Bonchev–Trinajstić information content (AvgIpc) is 3.27. The molecule has 1 amide bonds. The fraction of sp³-hybridized carbons (Fsp3) is 0.0435.